The Morgan fingerprint density at radius 2 is 1.86 bits per heavy atom. The number of anilines is 1. The molecule has 1 aromatic heterocycles. The molecule has 2 fully saturated rings. The van der Waals surface area contributed by atoms with Gasteiger partial charge in [-0.25, -0.2) is 22.0 Å². The first-order valence-electron chi connectivity index (χ1n) is 11.3. The smallest absolute Gasteiger partial charge is 0.266 e. The fourth-order valence-electron chi connectivity index (χ4n) is 4.32. The first kappa shape index (κ1) is 25.2. The summed E-state index contributed by atoms with van der Waals surface area (Å²) < 4.78 is 68.6. The molecular formula is C24H26F5N3O3. The number of hydrogen-bond acceptors (Lipinski definition) is 4. The van der Waals surface area contributed by atoms with Crippen LogP contribution in [0.1, 0.15) is 60.5 Å². The maximum absolute atomic E-state index is 14.4. The third-order valence-corrected chi connectivity index (χ3v) is 7.23. The minimum Gasteiger partial charge on any atom is -0.396 e. The third-order valence-electron chi connectivity index (χ3n) is 7.23. The second-order valence-electron chi connectivity index (χ2n) is 9.40. The lowest BCUT2D eigenvalue weighted by molar-refractivity contribution is 0.0648. The van der Waals surface area contributed by atoms with E-state index in [1.807, 2.05) is 0 Å². The molecule has 11 heteroatoms. The Labute approximate surface area is 198 Å². The average molecular weight is 499 g/mol. The number of nitrogens with zero attached hydrogens (tertiary/aromatic N) is 1. The lowest BCUT2D eigenvalue weighted by Gasteiger charge is -2.26. The van der Waals surface area contributed by atoms with E-state index < -0.39 is 53.2 Å². The number of aliphatic hydroxyl groups is 1. The topological polar surface area (TPSA) is 83.4 Å². The monoisotopic (exact) mass is 499 g/mol. The zero-order valence-electron chi connectivity index (χ0n) is 19.0. The van der Waals surface area contributed by atoms with E-state index in [-0.39, 0.29) is 42.3 Å². The molecule has 0 bridgehead atoms. The van der Waals surface area contributed by atoms with Crippen LogP contribution in [0.15, 0.2) is 35.3 Å². The lowest BCUT2D eigenvalue weighted by Crippen LogP contribution is -2.38. The van der Waals surface area contributed by atoms with Crippen molar-refractivity contribution in [2.24, 2.45) is 5.41 Å². The summed E-state index contributed by atoms with van der Waals surface area (Å²) in [5.41, 5.74) is -3.81. The van der Waals surface area contributed by atoms with Crippen LogP contribution in [0.4, 0.5) is 27.6 Å². The van der Waals surface area contributed by atoms with Crippen LogP contribution in [-0.4, -0.2) is 34.7 Å². The Bertz CT molecular complexity index is 1180. The van der Waals surface area contributed by atoms with E-state index in [2.05, 4.69) is 10.6 Å². The van der Waals surface area contributed by atoms with Gasteiger partial charge in [-0.05, 0) is 32.6 Å². The molecule has 35 heavy (non-hydrogen) atoms. The van der Waals surface area contributed by atoms with E-state index in [0.717, 1.165) is 35.7 Å². The number of halogens is 5. The molecule has 1 unspecified atom stereocenters. The highest BCUT2D eigenvalue weighted by Gasteiger charge is 2.54. The molecule has 190 valence electrons. The van der Waals surface area contributed by atoms with Crippen molar-refractivity contribution in [1.29, 1.82) is 0 Å². The van der Waals surface area contributed by atoms with Gasteiger partial charge in [0, 0.05) is 35.8 Å². The lowest BCUT2D eigenvalue weighted by atomic mass is 9.98. The molecule has 2 aliphatic carbocycles. The van der Waals surface area contributed by atoms with Crippen LogP contribution in [0.25, 0.3) is 0 Å². The molecule has 1 amide bonds. The molecule has 2 aliphatic rings. The van der Waals surface area contributed by atoms with Gasteiger partial charge >= 0.3 is 0 Å². The molecule has 0 spiro atoms. The first-order valence-corrected chi connectivity index (χ1v) is 11.3. The van der Waals surface area contributed by atoms with Crippen LogP contribution in [-0.2, 0) is 12.1 Å². The van der Waals surface area contributed by atoms with Crippen LogP contribution in [0.5, 0.6) is 0 Å². The van der Waals surface area contributed by atoms with Crippen LogP contribution < -0.4 is 16.2 Å². The number of rotatable bonds is 10. The van der Waals surface area contributed by atoms with Gasteiger partial charge in [0.25, 0.3) is 24.3 Å². The molecule has 1 heterocycles. The average Bonchev–Trinajstić information content (AvgIpc) is 3.72. The summed E-state index contributed by atoms with van der Waals surface area (Å²) in [6.45, 7) is 1.25. The van der Waals surface area contributed by atoms with E-state index in [1.54, 1.807) is 6.92 Å². The van der Waals surface area contributed by atoms with Crippen LogP contribution in [0, 0.1) is 11.2 Å². The van der Waals surface area contributed by atoms with Crippen molar-refractivity contribution >= 4 is 11.6 Å². The highest BCUT2D eigenvalue weighted by molar-refractivity contribution is 5.99. The van der Waals surface area contributed by atoms with Gasteiger partial charge in [0.15, 0.2) is 0 Å². The molecule has 0 aliphatic heterocycles. The predicted octanol–water partition coefficient (Wildman–Crippen LogP) is 4.18. The summed E-state index contributed by atoms with van der Waals surface area (Å²) in [7, 11) is 0. The number of carbonyl (C=O) groups is 1. The summed E-state index contributed by atoms with van der Waals surface area (Å²) in [5, 5.41) is 15.2. The summed E-state index contributed by atoms with van der Waals surface area (Å²) in [6.07, 6.45) is -3.14. The fraction of sp³-hybridized carbons (Fsp3) is 0.500. The molecule has 4 rings (SSSR count). The van der Waals surface area contributed by atoms with E-state index >= 15 is 0 Å². The van der Waals surface area contributed by atoms with Crippen molar-refractivity contribution in [1.82, 2.24) is 9.88 Å². The molecule has 1 atom stereocenters. The molecule has 2 saturated carbocycles. The third kappa shape index (κ3) is 4.65. The predicted molar refractivity (Wildman–Crippen MR) is 118 cm³/mol. The fourth-order valence-corrected chi connectivity index (χ4v) is 4.32. The van der Waals surface area contributed by atoms with Gasteiger partial charge in [0.2, 0.25) is 0 Å². The summed E-state index contributed by atoms with van der Waals surface area (Å²) >= 11 is 0. The number of carbonyl (C=O) groups excluding carboxylic acids is 1. The highest BCUT2D eigenvalue weighted by atomic mass is 19.3. The Morgan fingerprint density at radius 1 is 1.17 bits per heavy atom. The number of alkyl halides is 4. The Kier molecular flexibility index (Phi) is 6.65. The molecule has 2 aromatic rings. The SMILES string of the molecule is CC(Nc1cc(=O)n(C2(C(F)F)CC2)cc1C(=O)NCc1cccc(C(F)F)c1F)C1(CO)CC1. The van der Waals surface area contributed by atoms with E-state index in [1.165, 1.54) is 12.1 Å². The summed E-state index contributed by atoms with van der Waals surface area (Å²) in [6, 6.07) is 4.17. The van der Waals surface area contributed by atoms with Gasteiger partial charge in [-0.1, -0.05) is 18.2 Å². The molecule has 0 saturated heterocycles. The molecule has 1 aromatic carbocycles. The number of benzene rings is 1. The number of hydrogen-bond donors (Lipinski definition) is 3. The Hall–Kier alpha value is -2.95. The number of aliphatic hydroxyl groups excluding tert-OH is 1. The van der Waals surface area contributed by atoms with Gasteiger partial charge in [-0.3, -0.25) is 9.59 Å². The Morgan fingerprint density at radius 3 is 2.40 bits per heavy atom. The van der Waals surface area contributed by atoms with Gasteiger partial charge in [0.1, 0.15) is 11.4 Å². The number of pyridine rings is 1. The molecule has 3 N–H and O–H groups in total. The largest absolute Gasteiger partial charge is 0.396 e. The van der Waals surface area contributed by atoms with E-state index in [4.69, 9.17) is 0 Å². The van der Waals surface area contributed by atoms with Gasteiger partial charge in [-0.15, -0.1) is 0 Å². The number of aromatic nitrogens is 1. The maximum Gasteiger partial charge on any atom is 0.266 e. The maximum atomic E-state index is 14.4. The van der Waals surface area contributed by atoms with Crippen molar-refractivity contribution in [3.05, 3.63) is 63.3 Å². The van der Waals surface area contributed by atoms with Crippen molar-refractivity contribution < 1.29 is 31.9 Å². The second kappa shape index (κ2) is 9.25. The Balaban J connectivity index is 1.65. The van der Waals surface area contributed by atoms with E-state index in [0.29, 0.717) is 0 Å². The zero-order chi connectivity index (χ0) is 25.5. The minimum atomic E-state index is -3.03. The molecule has 0 radical (unpaired) electrons. The van der Waals surface area contributed by atoms with E-state index in [9.17, 15) is 36.6 Å². The van der Waals surface area contributed by atoms with Crippen molar-refractivity contribution in [3.8, 4) is 0 Å². The van der Waals surface area contributed by atoms with Crippen molar-refractivity contribution in [2.45, 2.75) is 63.6 Å². The van der Waals surface area contributed by atoms with Crippen molar-refractivity contribution in [3.63, 3.8) is 0 Å². The number of amides is 1. The molecular weight excluding hydrogens is 473 g/mol. The summed E-state index contributed by atoms with van der Waals surface area (Å²) in [4.78, 5) is 25.8. The van der Waals surface area contributed by atoms with Crippen LogP contribution in [0.3, 0.4) is 0 Å². The standard InChI is InChI=1S/C24H26F5N3O3/c1-13(23(12-33)5-6-23)31-17-9-18(34)32(24(7-8-24)22(28)29)11-16(17)21(35)30-10-14-3-2-4-15(19(14)25)20(26)27/h2-4,9,11,13,20,22,31,33H,5-8,10,12H2,1H3,(H,30,35). The van der Waals surface area contributed by atoms with Crippen LogP contribution in [0.2, 0.25) is 0 Å². The highest BCUT2D eigenvalue weighted by Crippen LogP contribution is 2.50. The quantitative estimate of drug-likeness (QED) is 0.429. The van der Waals surface area contributed by atoms with Crippen molar-refractivity contribution in [2.75, 3.05) is 11.9 Å². The van der Waals surface area contributed by atoms with Gasteiger partial charge in [-0.2, -0.15) is 0 Å². The number of nitrogens with one attached hydrogen (secondary N) is 2. The van der Waals surface area contributed by atoms with Gasteiger partial charge < -0.3 is 20.3 Å². The van der Waals surface area contributed by atoms with Gasteiger partial charge in [0.05, 0.1) is 23.4 Å². The normalized spacial score (nSPS) is 18.4. The second-order valence-corrected chi connectivity index (χ2v) is 9.40. The summed E-state index contributed by atoms with van der Waals surface area (Å²) in [5.74, 6) is -1.94. The minimum absolute atomic E-state index is 0.0774. The first-order chi connectivity index (χ1) is 16.5. The zero-order valence-corrected chi connectivity index (χ0v) is 19.0. The van der Waals surface area contributed by atoms with Crippen LogP contribution >= 0.6 is 0 Å². The molecule has 6 nitrogen and oxygen atoms in total.